The largest absolute Gasteiger partial charge is 0.469 e. The van der Waals surface area contributed by atoms with E-state index in [0.29, 0.717) is 30.9 Å². The molecule has 2 aromatic carbocycles. The Hall–Kier alpha value is -3.03. The first-order chi connectivity index (χ1) is 15.2. The standard InChI is InChI=1S/C24H25N3O3S/c1-30-20(28)12-13-26-14-16-27(17-15-26)24(29)22-21(18-8-4-2-5-9-18)25-23(31-22)19-10-6-3-7-11-19/h2-11H,12-17H2,1H3. The summed E-state index contributed by atoms with van der Waals surface area (Å²) in [5.74, 6) is -0.185. The molecule has 0 spiro atoms. The van der Waals surface area contributed by atoms with E-state index in [-0.39, 0.29) is 11.9 Å². The van der Waals surface area contributed by atoms with E-state index in [1.807, 2.05) is 65.6 Å². The van der Waals surface area contributed by atoms with Crippen LogP contribution in [-0.2, 0) is 9.53 Å². The van der Waals surface area contributed by atoms with Crippen molar-refractivity contribution in [3.8, 4) is 21.8 Å². The molecule has 1 amide bonds. The molecule has 0 bridgehead atoms. The molecular formula is C24H25N3O3S. The summed E-state index contributed by atoms with van der Waals surface area (Å²) in [7, 11) is 1.40. The van der Waals surface area contributed by atoms with Gasteiger partial charge < -0.3 is 9.64 Å². The number of ether oxygens (including phenoxy) is 1. The van der Waals surface area contributed by atoms with Gasteiger partial charge >= 0.3 is 5.97 Å². The highest BCUT2D eigenvalue weighted by atomic mass is 32.1. The lowest BCUT2D eigenvalue weighted by molar-refractivity contribution is -0.141. The number of carbonyl (C=O) groups excluding carboxylic acids is 2. The van der Waals surface area contributed by atoms with Crippen LogP contribution in [0.25, 0.3) is 21.8 Å². The van der Waals surface area contributed by atoms with Gasteiger partial charge in [0, 0.05) is 43.9 Å². The molecule has 0 N–H and O–H groups in total. The molecule has 1 aliphatic heterocycles. The predicted octanol–water partition coefficient (Wildman–Crippen LogP) is 3.80. The van der Waals surface area contributed by atoms with E-state index in [4.69, 9.17) is 9.72 Å². The highest BCUT2D eigenvalue weighted by Crippen LogP contribution is 2.34. The average Bonchev–Trinajstić information content (AvgIpc) is 3.29. The number of nitrogens with zero attached hydrogens (tertiary/aromatic N) is 3. The molecule has 0 unspecified atom stereocenters. The van der Waals surface area contributed by atoms with E-state index in [0.717, 1.165) is 34.9 Å². The van der Waals surface area contributed by atoms with Crippen molar-refractivity contribution in [3.63, 3.8) is 0 Å². The molecular weight excluding hydrogens is 410 g/mol. The van der Waals surface area contributed by atoms with Gasteiger partial charge in [0.25, 0.3) is 5.91 Å². The Morgan fingerprint density at radius 2 is 1.55 bits per heavy atom. The summed E-state index contributed by atoms with van der Waals surface area (Å²) in [4.78, 5) is 34.5. The minimum atomic E-state index is -0.205. The van der Waals surface area contributed by atoms with Crippen LogP contribution in [0.15, 0.2) is 60.7 Å². The fourth-order valence-electron chi connectivity index (χ4n) is 3.63. The normalized spacial score (nSPS) is 14.4. The lowest BCUT2D eigenvalue weighted by Crippen LogP contribution is -2.49. The zero-order valence-corrected chi connectivity index (χ0v) is 18.3. The third-order valence-electron chi connectivity index (χ3n) is 5.41. The number of carbonyl (C=O) groups is 2. The van der Waals surface area contributed by atoms with Crippen LogP contribution in [0.4, 0.5) is 0 Å². The number of methoxy groups -OCH3 is 1. The van der Waals surface area contributed by atoms with Crippen molar-refractivity contribution in [2.24, 2.45) is 0 Å². The van der Waals surface area contributed by atoms with Crippen molar-refractivity contribution in [1.29, 1.82) is 0 Å². The van der Waals surface area contributed by atoms with E-state index in [2.05, 4.69) is 4.90 Å². The van der Waals surface area contributed by atoms with Gasteiger partial charge in [-0.2, -0.15) is 0 Å². The summed E-state index contributed by atoms with van der Waals surface area (Å²) in [5, 5.41) is 0.847. The molecule has 2 heterocycles. The maximum Gasteiger partial charge on any atom is 0.306 e. The number of aromatic nitrogens is 1. The molecule has 1 fully saturated rings. The number of esters is 1. The Morgan fingerprint density at radius 3 is 2.16 bits per heavy atom. The fourth-order valence-corrected chi connectivity index (χ4v) is 4.69. The number of hydrogen-bond acceptors (Lipinski definition) is 6. The summed E-state index contributed by atoms with van der Waals surface area (Å²) < 4.78 is 4.72. The molecule has 4 rings (SSSR count). The van der Waals surface area contributed by atoms with E-state index in [1.54, 1.807) is 0 Å². The molecule has 1 saturated heterocycles. The fraction of sp³-hybridized carbons (Fsp3) is 0.292. The van der Waals surface area contributed by atoms with Gasteiger partial charge in [0.2, 0.25) is 0 Å². The summed E-state index contributed by atoms with van der Waals surface area (Å²) in [6, 6.07) is 19.8. The lowest BCUT2D eigenvalue weighted by atomic mass is 10.1. The van der Waals surface area contributed by atoms with Crippen LogP contribution in [0, 0.1) is 0 Å². The molecule has 6 nitrogen and oxygen atoms in total. The lowest BCUT2D eigenvalue weighted by Gasteiger charge is -2.34. The summed E-state index contributed by atoms with van der Waals surface area (Å²) in [6.45, 7) is 3.41. The van der Waals surface area contributed by atoms with E-state index in [9.17, 15) is 9.59 Å². The second kappa shape index (κ2) is 9.85. The quantitative estimate of drug-likeness (QED) is 0.551. The first-order valence-corrected chi connectivity index (χ1v) is 11.2. The zero-order valence-electron chi connectivity index (χ0n) is 17.5. The number of piperazine rings is 1. The monoisotopic (exact) mass is 435 g/mol. The van der Waals surface area contributed by atoms with Crippen molar-refractivity contribution in [3.05, 3.63) is 65.5 Å². The molecule has 160 valence electrons. The van der Waals surface area contributed by atoms with Crippen LogP contribution in [0.2, 0.25) is 0 Å². The Morgan fingerprint density at radius 1 is 0.935 bits per heavy atom. The van der Waals surface area contributed by atoms with Crippen molar-refractivity contribution < 1.29 is 14.3 Å². The van der Waals surface area contributed by atoms with Gasteiger partial charge in [-0.25, -0.2) is 4.98 Å². The van der Waals surface area contributed by atoms with Crippen LogP contribution >= 0.6 is 11.3 Å². The summed E-state index contributed by atoms with van der Waals surface area (Å²) >= 11 is 1.45. The number of hydrogen-bond donors (Lipinski definition) is 0. The van der Waals surface area contributed by atoms with Gasteiger partial charge in [-0.3, -0.25) is 14.5 Å². The minimum Gasteiger partial charge on any atom is -0.469 e. The maximum absolute atomic E-state index is 13.5. The Kier molecular flexibility index (Phi) is 6.74. The second-order valence-electron chi connectivity index (χ2n) is 7.39. The number of benzene rings is 2. The predicted molar refractivity (Wildman–Crippen MR) is 122 cm³/mol. The number of rotatable bonds is 6. The van der Waals surface area contributed by atoms with Crippen LogP contribution < -0.4 is 0 Å². The van der Waals surface area contributed by atoms with E-state index < -0.39 is 0 Å². The molecule has 1 aliphatic rings. The highest BCUT2D eigenvalue weighted by Gasteiger charge is 2.27. The first-order valence-electron chi connectivity index (χ1n) is 10.4. The molecule has 0 radical (unpaired) electrons. The van der Waals surface area contributed by atoms with Crippen molar-refractivity contribution in [2.75, 3.05) is 39.8 Å². The van der Waals surface area contributed by atoms with Crippen molar-refractivity contribution >= 4 is 23.2 Å². The van der Waals surface area contributed by atoms with Crippen LogP contribution in [0.3, 0.4) is 0 Å². The second-order valence-corrected chi connectivity index (χ2v) is 8.39. The third kappa shape index (κ3) is 5.00. The summed E-state index contributed by atoms with van der Waals surface area (Å²) in [5.41, 5.74) is 2.69. The van der Waals surface area contributed by atoms with Crippen LogP contribution in [0.5, 0.6) is 0 Å². The third-order valence-corrected chi connectivity index (χ3v) is 6.50. The minimum absolute atomic E-state index is 0.0196. The van der Waals surface area contributed by atoms with Gasteiger partial charge in [0.1, 0.15) is 9.88 Å². The molecule has 31 heavy (non-hydrogen) atoms. The van der Waals surface area contributed by atoms with Crippen LogP contribution in [-0.4, -0.2) is 66.5 Å². The van der Waals surface area contributed by atoms with Crippen molar-refractivity contribution in [2.45, 2.75) is 6.42 Å². The SMILES string of the molecule is COC(=O)CCN1CCN(C(=O)c2sc(-c3ccccc3)nc2-c2ccccc2)CC1. The van der Waals surface area contributed by atoms with E-state index in [1.165, 1.54) is 18.4 Å². The molecule has 3 aromatic rings. The molecule has 0 aliphatic carbocycles. The smallest absolute Gasteiger partial charge is 0.306 e. The van der Waals surface area contributed by atoms with Gasteiger partial charge in [-0.05, 0) is 0 Å². The highest BCUT2D eigenvalue weighted by molar-refractivity contribution is 7.17. The van der Waals surface area contributed by atoms with Gasteiger partial charge in [-0.1, -0.05) is 60.7 Å². The van der Waals surface area contributed by atoms with Gasteiger partial charge in [0.05, 0.1) is 19.2 Å². The van der Waals surface area contributed by atoms with E-state index >= 15 is 0 Å². The topological polar surface area (TPSA) is 62.7 Å². The molecule has 0 saturated carbocycles. The Bertz CT molecular complexity index is 1030. The van der Waals surface area contributed by atoms with Gasteiger partial charge in [-0.15, -0.1) is 11.3 Å². The molecule has 1 aromatic heterocycles. The number of amides is 1. The first kappa shape index (κ1) is 21.2. The Labute approximate surface area is 186 Å². The van der Waals surface area contributed by atoms with Crippen LogP contribution in [0.1, 0.15) is 16.1 Å². The average molecular weight is 436 g/mol. The Balaban J connectivity index is 1.54. The maximum atomic E-state index is 13.5. The zero-order chi connectivity index (χ0) is 21.6. The van der Waals surface area contributed by atoms with Gasteiger partial charge in [0.15, 0.2) is 0 Å². The van der Waals surface area contributed by atoms with Crippen molar-refractivity contribution in [1.82, 2.24) is 14.8 Å². The summed E-state index contributed by atoms with van der Waals surface area (Å²) in [6.07, 6.45) is 0.373. The number of thiazole rings is 1. The molecule has 7 heteroatoms. The molecule has 0 atom stereocenters.